The van der Waals surface area contributed by atoms with Crippen LogP contribution < -0.4 is 15.1 Å². The Balaban J connectivity index is 1.75. The highest BCUT2D eigenvalue weighted by molar-refractivity contribution is 6.11. The Morgan fingerprint density at radius 3 is 2.33 bits per heavy atom. The molecule has 166 valence electrons. The summed E-state index contributed by atoms with van der Waals surface area (Å²) < 4.78 is 0. The van der Waals surface area contributed by atoms with Crippen molar-refractivity contribution in [2.45, 2.75) is 25.3 Å². The van der Waals surface area contributed by atoms with Gasteiger partial charge >= 0.3 is 0 Å². The highest BCUT2D eigenvalue weighted by Crippen LogP contribution is 2.45. The summed E-state index contributed by atoms with van der Waals surface area (Å²) in [6.07, 6.45) is 2.09. The van der Waals surface area contributed by atoms with E-state index in [9.17, 15) is 9.59 Å². The van der Waals surface area contributed by atoms with Crippen LogP contribution in [0, 0.1) is 0 Å². The minimum Gasteiger partial charge on any atom is -0.378 e. The van der Waals surface area contributed by atoms with Crippen LogP contribution >= 0.6 is 0 Å². The Morgan fingerprint density at radius 2 is 1.61 bits per heavy atom. The van der Waals surface area contributed by atoms with Gasteiger partial charge in [-0.1, -0.05) is 42.5 Å². The molecule has 1 N–H and O–H groups in total. The lowest BCUT2D eigenvalue weighted by Gasteiger charge is -2.34. The van der Waals surface area contributed by atoms with Crippen molar-refractivity contribution in [3.05, 3.63) is 101 Å². The van der Waals surface area contributed by atoms with Crippen LogP contribution in [-0.2, 0) is 4.79 Å². The topological polar surface area (TPSA) is 52.7 Å². The molecule has 0 radical (unpaired) electrons. The summed E-state index contributed by atoms with van der Waals surface area (Å²) in [5, 5.41) is 3.51. The number of allylic oxidation sites excluding steroid dienone is 1. The molecular formula is C28H27N3O2. The Hall–Kier alpha value is -3.86. The first kappa shape index (κ1) is 21.0. The van der Waals surface area contributed by atoms with E-state index in [1.54, 1.807) is 4.90 Å². The maximum absolute atomic E-state index is 14.0. The van der Waals surface area contributed by atoms with E-state index in [1.807, 2.05) is 97.9 Å². The second-order valence-electron chi connectivity index (χ2n) is 8.74. The first-order valence-corrected chi connectivity index (χ1v) is 11.3. The number of anilines is 3. The van der Waals surface area contributed by atoms with Crippen molar-refractivity contribution in [1.29, 1.82) is 0 Å². The molecule has 1 unspecified atom stereocenters. The fourth-order valence-electron chi connectivity index (χ4n) is 4.75. The molecule has 0 saturated carbocycles. The molecule has 1 aliphatic heterocycles. The number of fused-ring (bicyclic) bond motifs is 1. The van der Waals surface area contributed by atoms with Gasteiger partial charge in [0, 0.05) is 43.0 Å². The summed E-state index contributed by atoms with van der Waals surface area (Å²) in [6.45, 7) is 0. The zero-order valence-electron chi connectivity index (χ0n) is 18.9. The molecule has 1 atom stereocenters. The van der Waals surface area contributed by atoms with Gasteiger partial charge in [0.2, 0.25) is 0 Å². The van der Waals surface area contributed by atoms with Crippen LogP contribution in [0.3, 0.4) is 0 Å². The van der Waals surface area contributed by atoms with Gasteiger partial charge in [-0.25, -0.2) is 0 Å². The standard InChI is InChI=1S/C28H27N3O2/c1-30(2)21-17-15-19(16-18-21)27-26-23(12-8-14-25(26)32)29-22-11-6-7-13-24(22)31(27)28(33)20-9-4-3-5-10-20/h3-7,9-11,13,15-18,27,29H,8,12,14H2,1-2H3. The van der Waals surface area contributed by atoms with Gasteiger partial charge in [0.15, 0.2) is 5.78 Å². The third-order valence-electron chi connectivity index (χ3n) is 6.40. The van der Waals surface area contributed by atoms with E-state index < -0.39 is 6.04 Å². The number of ketones is 1. The smallest absolute Gasteiger partial charge is 0.259 e. The van der Waals surface area contributed by atoms with E-state index in [0.29, 0.717) is 17.6 Å². The largest absolute Gasteiger partial charge is 0.378 e. The van der Waals surface area contributed by atoms with Gasteiger partial charge in [0.05, 0.1) is 17.4 Å². The summed E-state index contributed by atoms with van der Waals surface area (Å²) in [6, 6.07) is 24.7. The number of carbonyl (C=O) groups excluding carboxylic acids is 2. The van der Waals surface area contributed by atoms with Crippen molar-refractivity contribution in [1.82, 2.24) is 0 Å². The van der Waals surface area contributed by atoms with Crippen molar-refractivity contribution in [3.63, 3.8) is 0 Å². The number of rotatable bonds is 3. The normalized spacial score (nSPS) is 17.6. The third-order valence-corrected chi connectivity index (χ3v) is 6.40. The molecule has 3 aromatic carbocycles. The number of benzene rings is 3. The summed E-state index contributed by atoms with van der Waals surface area (Å²) in [5.41, 5.74) is 5.81. The molecular weight excluding hydrogens is 410 g/mol. The zero-order valence-corrected chi connectivity index (χ0v) is 18.9. The maximum atomic E-state index is 14.0. The monoisotopic (exact) mass is 437 g/mol. The number of hydrogen-bond donors (Lipinski definition) is 1. The number of amides is 1. The van der Waals surface area contributed by atoms with E-state index >= 15 is 0 Å². The lowest BCUT2D eigenvalue weighted by molar-refractivity contribution is -0.116. The summed E-state index contributed by atoms with van der Waals surface area (Å²) in [5.74, 6) is -0.0252. The molecule has 2 aliphatic rings. The molecule has 0 bridgehead atoms. The predicted molar refractivity (Wildman–Crippen MR) is 133 cm³/mol. The zero-order chi connectivity index (χ0) is 22.9. The van der Waals surface area contributed by atoms with E-state index in [-0.39, 0.29) is 11.7 Å². The molecule has 0 fully saturated rings. The number of nitrogens with one attached hydrogen (secondary N) is 1. The number of hydrogen-bond acceptors (Lipinski definition) is 4. The molecule has 1 amide bonds. The van der Waals surface area contributed by atoms with E-state index in [1.165, 1.54) is 0 Å². The van der Waals surface area contributed by atoms with Gasteiger partial charge in [-0.2, -0.15) is 0 Å². The molecule has 3 aromatic rings. The highest BCUT2D eigenvalue weighted by atomic mass is 16.2. The van der Waals surface area contributed by atoms with Gasteiger partial charge in [-0.05, 0) is 54.8 Å². The Morgan fingerprint density at radius 1 is 0.909 bits per heavy atom. The van der Waals surface area contributed by atoms with Gasteiger partial charge in [-0.15, -0.1) is 0 Å². The highest BCUT2D eigenvalue weighted by Gasteiger charge is 2.39. The second kappa shape index (κ2) is 8.58. The number of Topliss-reactive ketones (excluding diaryl/α,β-unsaturated/α-hetero) is 1. The van der Waals surface area contributed by atoms with Gasteiger partial charge in [0.25, 0.3) is 5.91 Å². The van der Waals surface area contributed by atoms with Gasteiger partial charge in [-0.3, -0.25) is 14.5 Å². The average Bonchev–Trinajstić information content (AvgIpc) is 2.99. The van der Waals surface area contributed by atoms with Gasteiger partial charge < -0.3 is 10.2 Å². The first-order valence-electron chi connectivity index (χ1n) is 11.3. The summed E-state index contributed by atoms with van der Waals surface area (Å²) in [7, 11) is 3.99. The minimum absolute atomic E-state index is 0.101. The molecule has 0 aromatic heterocycles. The van der Waals surface area contributed by atoms with Crippen LogP contribution in [0.1, 0.15) is 41.2 Å². The molecule has 0 spiro atoms. The van der Waals surface area contributed by atoms with Crippen LogP contribution in [0.2, 0.25) is 0 Å². The van der Waals surface area contributed by atoms with Crippen LogP contribution in [0.15, 0.2) is 90.1 Å². The molecule has 5 nitrogen and oxygen atoms in total. The predicted octanol–water partition coefficient (Wildman–Crippen LogP) is 5.57. The van der Waals surface area contributed by atoms with E-state index in [4.69, 9.17) is 0 Å². The lowest BCUT2D eigenvalue weighted by atomic mass is 9.85. The van der Waals surface area contributed by atoms with E-state index in [2.05, 4.69) is 5.32 Å². The van der Waals surface area contributed by atoms with Crippen LogP contribution in [0.4, 0.5) is 17.1 Å². The van der Waals surface area contributed by atoms with Crippen molar-refractivity contribution < 1.29 is 9.59 Å². The Labute approximate surface area is 194 Å². The molecule has 0 saturated heterocycles. The van der Waals surface area contributed by atoms with Gasteiger partial charge in [0.1, 0.15) is 0 Å². The molecule has 33 heavy (non-hydrogen) atoms. The Kier molecular flexibility index (Phi) is 5.47. The quantitative estimate of drug-likeness (QED) is 0.582. The van der Waals surface area contributed by atoms with Crippen LogP contribution in [-0.4, -0.2) is 25.8 Å². The van der Waals surface area contributed by atoms with Crippen molar-refractivity contribution in [2.24, 2.45) is 0 Å². The van der Waals surface area contributed by atoms with Crippen molar-refractivity contribution in [3.8, 4) is 0 Å². The third kappa shape index (κ3) is 3.80. The van der Waals surface area contributed by atoms with Crippen molar-refractivity contribution >= 4 is 28.8 Å². The fraction of sp³-hybridized carbons (Fsp3) is 0.214. The number of nitrogens with zero attached hydrogens (tertiary/aromatic N) is 2. The van der Waals surface area contributed by atoms with Crippen molar-refractivity contribution in [2.75, 3.05) is 29.2 Å². The second-order valence-corrected chi connectivity index (χ2v) is 8.74. The fourth-order valence-corrected chi connectivity index (χ4v) is 4.75. The van der Waals surface area contributed by atoms with E-state index in [0.717, 1.165) is 41.2 Å². The average molecular weight is 438 g/mol. The molecule has 5 heteroatoms. The molecule has 1 aliphatic carbocycles. The van der Waals surface area contributed by atoms with Crippen LogP contribution in [0.5, 0.6) is 0 Å². The summed E-state index contributed by atoms with van der Waals surface area (Å²) >= 11 is 0. The summed E-state index contributed by atoms with van der Waals surface area (Å²) in [4.78, 5) is 31.2. The minimum atomic E-state index is -0.507. The number of carbonyl (C=O) groups is 2. The molecule has 1 heterocycles. The van der Waals surface area contributed by atoms with Crippen LogP contribution in [0.25, 0.3) is 0 Å². The number of para-hydroxylation sites is 2. The SMILES string of the molecule is CN(C)c1ccc(C2C3=C(CCCC3=O)Nc3ccccc3N2C(=O)c2ccccc2)cc1. The molecule has 5 rings (SSSR count). The lowest BCUT2D eigenvalue weighted by Crippen LogP contribution is -2.38. The first-order chi connectivity index (χ1) is 16.0. The maximum Gasteiger partial charge on any atom is 0.259 e. The Bertz CT molecular complexity index is 1230.